The van der Waals surface area contributed by atoms with Crippen LogP contribution in [0.4, 0.5) is 18.9 Å². The van der Waals surface area contributed by atoms with Crippen molar-refractivity contribution >= 4 is 17.5 Å². The molecule has 2 aromatic carbocycles. The number of anilines is 1. The number of carbonyl (C=O) groups excluding carboxylic acids is 2. The molecular weight excluding hydrogens is 457 g/mol. The molecule has 0 spiro atoms. The standard InChI is InChI=1S/C27H25F3N2O3/c28-27(29,30)21-9-5-19(6-10-21)26(34)32-14-13-23-20(16-32)15-24(35-23)17-7-11-22(12-8-17)31-25(33)18-3-1-2-4-18/h5-12,15,18H,1-4,13-14,16H2,(H,31,33). The van der Waals surface area contributed by atoms with Crippen LogP contribution in [0.3, 0.4) is 0 Å². The summed E-state index contributed by atoms with van der Waals surface area (Å²) in [5.41, 5.74) is 1.93. The van der Waals surface area contributed by atoms with E-state index in [0.717, 1.165) is 60.4 Å². The molecule has 1 N–H and O–H groups in total. The second-order valence-electron chi connectivity index (χ2n) is 9.16. The van der Waals surface area contributed by atoms with Crippen molar-refractivity contribution in [3.05, 3.63) is 77.0 Å². The van der Waals surface area contributed by atoms with Gasteiger partial charge in [-0.2, -0.15) is 13.2 Å². The van der Waals surface area contributed by atoms with E-state index in [4.69, 9.17) is 4.42 Å². The summed E-state index contributed by atoms with van der Waals surface area (Å²) < 4.78 is 44.4. The van der Waals surface area contributed by atoms with Gasteiger partial charge in [-0.15, -0.1) is 0 Å². The summed E-state index contributed by atoms with van der Waals surface area (Å²) in [6, 6.07) is 13.7. The number of alkyl halides is 3. The lowest BCUT2D eigenvalue weighted by atomic mass is 10.0. The topological polar surface area (TPSA) is 62.6 Å². The van der Waals surface area contributed by atoms with Crippen LogP contribution in [0.25, 0.3) is 11.3 Å². The van der Waals surface area contributed by atoms with Gasteiger partial charge in [-0.05, 0) is 67.4 Å². The van der Waals surface area contributed by atoms with E-state index in [0.29, 0.717) is 25.3 Å². The van der Waals surface area contributed by atoms with Gasteiger partial charge < -0.3 is 14.6 Å². The van der Waals surface area contributed by atoms with Gasteiger partial charge in [-0.1, -0.05) is 12.8 Å². The summed E-state index contributed by atoms with van der Waals surface area (Å²) >= 11 is 0. The van der Waals surface area contributed by atoms with Gasteiger partial charge in [0.25, 0.3) is 5.91 Å². The van der Waals surface area contributed by atoms with Crippen molar-refractivity contribution in [1.29, 1.82) is 0 Å². The third-order valence-electron chi connectivity index (χ3n) is 6.78. The van der Waals surface area contributed by atoms with Gasteiger partial charge in [0, 0.05) is 47.8 Å². The van der Waals surface area contributed by atoms with Crippen LogP contribution in [-0.2, 0) is 23.9 Å². The number of nitrogens with zero attached hydrogens (tertiary/aromatic N) is 1. The lowest BCUT2D eigenvalue weighted by molar-refractivity contribution is -0.137. The molecule has 0 saturated heterocycles. The third kappa shape index (κ3) is 4.97. The van der Waals surface area contributed by atoms with E-state index >= 15 is 0 Å². The highest BCUT2D eigenvalue weighted by molar-refractivity contribution is 5.94. The van der Waals surface area contributed by atoms with E-state index < -0.39 is 11.7 Å². The smallest absolute Gasteiger partial charge is 0.416 e. The molecule has 1 aliphatic carbocycles. The van der Waals surface area contributed by atoms with E-state index in [9.17, 15) is 22.8 Å². The minimum Gasteiger partial charge on any atom is -0.461 e. The Bertz CT molecular complexity index is 1220. The van der Waals surface area contributed by atoms with Crippen LogP contribution in [0.15, 0.2) is 59.0 Å². The zero-order chi connectivity index (χ0) is 24.6. The number of hydrogen-bond donors (Lipinski definition) is 1. The summed E-state index contributed by atoms with van der Waals surface area (Å²) in [5.74, 6) is 1.33. The fourth-order valence-electron chi connectivity index (χ4n) is 4.78. The summed E-state index contributed by atoms with van der Waals surface area (Å²) in [5, 5.41) is 2.98. The van der Waals surface area contributed by atoms with Crippen molar-refractivity contribution in [3.8, 4) is 11.3 Å². The molecule has 1 saturated carbocycles. The zero-order valence-corrected chi connectivity index (χ0v) is 19.0. The molecule has 182 valence electrons. The first-order chi connectivity index (χ1) is 16.8. The van der Waals surface area contributed by atoms with Crippen molar-refractivity contribution in [2.75, 3.05) is 11.9 Å². The first-order valence-electron chi connectivity index (χ1n) is 11.8. The normalized spacial score (nSPS) is 16.3. The molecule has 2 aliphatic rings. The van der Waals surface area contributed by atoms with Crippen molar-refractivity contribution in [3.63, 3.8) is 0 Å². The van der Waals surface area contributed by atoms with Gasteiger partial charge in [-0.3, -0.25) is 9.59 Å². The second-order valence-corrected chi connectivity index (χ2v) is 9.16. The molecule has 35 heavy (non-hydrogen) atoms. The molecule has 3 aromatic rings. The van der Waals surface area contributed by atoms with Crippen molar-refractivity contribution in [1.82, 2.24) is 4.90 Å². The number of carbonyl (C=O) groups is 2. The Morgan fingerprint density at radius 1 is 0.971 bits per heavy atom. The van der Waals surface area contributed by atoms with Crippen molar-refractivity contribution in [2.45, 2.75) is 44.8 Å². The number of amides is 2. The number of furan rings is 1. The quantitative estimate of drug-likeness (QED) is 0.475. The summed E-state index contributed by atoms with van der Waals surface area (Å²) in [4.78, 5) is 26.8. The Hall–Kier alpha value is -3.55. The van der Waals surface area contributed by atoms with Crippen LogP contribution in [-0.4, -0.2) is 23.3 Å². The SMILES string of the molecule is O=C(Nc1ccc(-c2cc3c(o2)CCN(C(=O)c2ccc(C(F)(F)F)cc2)C3)cc1)C1CCCC1. The van der Waals surface area contributed by atoms with E-state index in [-0.39, 0.29) is 23.3 Å². The van der Waals surface area contributed by atoms with Crippen molar-refractivity contribution in [2.24, 2.45) is 5.92 Å². The summed E-state index contributed by atoms with van der Waals surface area (Å²) in [6.07, 6.45) is 0.188. The van der Waals surface area contributed by atoms with Gasteiger partial charge in [0.1, 0.15) is 11.5 Å². The third-order valence-corrected chi connectivity index (χ3v) is 6.78. The monoisotopic (exact) mass is 482 g/mol. The van der Waals surface area contributed by atoms with Crippen LogP contribution in [0, 0.1) is 5.92 Å². The minimum absolute atomic E-state index is 0.0708. The van der Waals surface area contributed by atoms with E-state index in [1.54, 1.807) is 4.90 Å². The molecule has 5 nitrogen and oxygen atoms in total. The Morgan fingerprint density at radius 3 is 2.31 bits per heavy atom. The van der Waals surface area contributed by atoms with Crippen LogP contribution >= 0.6 is 0 Å². The molecule has 2 amide bonds. The number of nitrogens with one attached hydrogen (secondary N) is 1. The average Bonchev–Trinajstić information content (AvgIpc) is 3.53. The van der Waals surface area contributed by atoms with Crippen LogP contribution in [0.5, 0.6) is 0 Å². The summed E-state index contributed by atoms with van der Waals surface area (Å²) in [7, 11) is 0. The predicted octanol–water partition coefficient (Wildman–Crippen LogP) is 6.29. The fourth-order valence-corrected chi connectivity index (χ4v) is 4.78. The lowest BCUT2D eigenvalue weighted by Crippen LogP contribution is -2.35. The molecule has 0 bridgehead atoms. The van der Waals surface area contributed by atoms with E-state index in [1.165, 1.54) is 12.1 Å². The van der Waals surface area contributed by atoms with Gasteiger partial charge in [0.2, 0.25) is 5.91 Å². The van der Waals surface area contributed by atoms with E-state index in [2.05, 4.69) is 5.32 Å². The second kappa shape index (κ2) is 9.24. The van der Waals surface area contributed by atoms with Crippen LogP contribution in [0.1, 0.15) is 52.9 Å². The number of fused-ring (bicyclic) bond motifs is 1. The molecule has 0 radical (unpaired) electrons. The highest BCUT2D eigenvalue weighted by atomic mass is 19.4. The molecular formula is C27H25F3N2O3. The van der Waals surface area contributed by atoms with Gasteiger partial charge in [0.15, 0.2) is 0 Å². The number of benzene rings is 2. The molecule has 8 heteroatoms. The summed E-state index contributed by atoms with van der Waals surface area (Å²) in [6.45, 7) is 0.750. The molecule has 1 fully saturated rings. The molecule has 1 aliphatic heterocycles. The Kier molecular flexibility index (Phi) is 6.13. The van der Waals surface area contributed by atoms with Gasteiger partial charge in [0.05, 0.1) is 5.56 Å². The average molecular weight is 483 g/mol. The Balaban J connectivity index is 1.25. The Morgan fingerprint density at radius 2 is 1.66 bits per heavy atom. The number of hydrogen-bond acceptors (Lipinski definition) is 3. The van der Waals surface area contributed by atoms with E-state index in [1.807, 2.05) is 30.3 Å². The molecule has 0 atom stereocenters. The molecule has 2 heterocycles. The first kappa shape index (κ1) is 23.2. The predicted molar refractivity (Wildman–Crippen MR) is 125 cm³/mol. The maximum absolute atomic E-state index is 12.8. The number of halogens is 3. The molecule has 5 rings (SSSR count). The first-order valence-corrected chi connectivity index (χ1v) is 11.8. The van der Waals surface area contributed by atoms with Crippen molar-refractivity contribution < 1.29 is 27.2 Å². The lowest BCUT2D eigenvalue weighted by Gasteiger charge is -2.26. The highest BCUT2D eigenvalue weighted by Gasteiger charge is 2.31. The van der Waals surface area contributed by atoms with Gasteiger partial charge >= 0.3 is 6.18 Å². The van der Waals surface area contributed by atoms with Gasteiger partial charge in [-0.25, -0.2) is 0 Å². The Labute approximate surface area is 200 Å². The highest BCUT2D eigenvalue weighted by Crippen LogP contribution is 2.32. The minimum atomic E-state index is -4.44. The number of rotatable bonds is 4. The maximum Gasteiger partial charge on any atom is 0.416 e. The zero-order valence-electron chi connectivity index (χ0n) is 19.0. The fraction of sp³-hybridized carbons (Fsp3) is 0.333. The van der Waals surface area contributed by atoms with Crippen LogP contribution in [0.2, 0.25) is 0 Å². The molecule has 0 unspecified atom stereocenters. The molecule has 1 aromatic heterocycles. The van der Waals surface area contributed by atoms with Crippen LogP contribution < -0.4 is 5.32 Å². The largest absolute Gasteiger partial charge is 0.461 e. The maximum atomic E-state index is 12.8.